The van der Waals surface area contributed by atoms with E-state index in [0.29, 0.717) is 12.2 Å². The minimum absolute atomic E-state index is 0.110. The Morgan fingerprint density at radius 2 is 2.00 bits per heavy atom. The van der Waals surface area contributed by atoms with Crippen molar-refractivity contribution in [3.8, 4) is 5.75 Å². The lowest BCUT2D eigenvalue weighted by Gasteiger charge is -2.13. The lowest BCUT2D eigenvalue weighted by molar-refractivity contribution is 0.407. The SMILES string of the molecule is COc1c(Br)cc(Br)cc1CNc1ccc(Cl)c(F)c1. The highest BCUT2D eigenvalue weighted by Gasteiger charge is 2.09. The van der Waals surface area contributed by atoms with Crippen molar-refractivity contribution in [3.63, 3.8) is 0 Å². The molecule has 0 saturated heterocycles. The van der Waals surface area contributed by atoms with Gasteiger partial charge in [-0.2, -0.15) is 0 Å². The van der Waals surface area contributed by atoms with Gasteiger partial charge in [0.15, 0.2) is 0 Å². The Hall–Kier alpha value is -0.780. The Kier molecular flexibility index (Phi) is 5.29. The van der Waals surface area contributed by atoms with E-state index in [0.717, 1.165) is 20.3 Å². The van der Waals surface area contributed by atoms with Crippen LogP contribution in [0.15, 0.2) is 39.3 Å². The van der Waals surface area contributed by atoms with Crippen LogP contribution in [0.3, 0.4) is 0 Å². The lowest BCUT2D eigenvalue weighted by atomic mass is 10.2. The van der Waals surface area contributed by atoms with Crippen LogP contribution in [-0.4, -0.2) is 7.11 Å². The molecule has 20 heavy (non-hydrogen) atoms. The van der Waals surface area contributed by atoms with Gasteiger partial charge in [-0.05, 0) is 46.3 Å². The van der Waals surface area contributed by atoms with Crippen LogP contribution in [0, 0.1) is 5.82 Å². The van der Waals surface area contributed by atoms with Gasteiger partial charge >= 0.3 is 0 Å². The van der Waals surface area contributed by atoms with Crippen molar-refractivity contribution in [2.75, 3.05) is 12.4 Å². The number of halogens is 4. The Balaban J connectivity index is 2.20. The van der Waals surface area contributed by atoms with Gasteiger partial charge in [-0.3, -0.25) is 0 Å². The molecular formula is C14H11Br2ClFNO. The molecule has 6 heteroatoms. The van der Waals surface area contributed by atoms with E-state index in [2.05, 4.69) is 37.2 Å². The smallest absolute Gasteiger partial charge is 0.143 e. The summed E-state index contributed by atoms with van der Waals surface area (Å²) >= 11 is 12.5. The van der Waals surface area contributed by atoms with Gasteiger partial charge in [0.2, 0.25) is 0 Å². The Morgan fingerprint density at radius 3 is 2.65 bits per heavy atom. The van der Waals surface area contributed by atoms with E-state index in [1.807, 2.05) is 12.1 Å². The summed E-state index contributed by atoms with van der Waals surface area (Å²) < 4.78 is 20.5. The van der Waals surface area contributed by atoms with Crippen molar-refractivity contribution in [2.24, 2.45) is 0 Å². The molecule has 0 unspecified atom stereocenters. The summed E-state index contributed by atoms with van der Waals surface area (Å²) in [6.07, 6.45) is 0. The zero-order valence-corrected chi connectivity index (χ0v) is 14.4. The Labute approximate surface area is 138 Å². The van der Waals surface area contributed by atoms with Crippen molar-refractivity contribution in [3.05, 3.63) is 55.7 Å². The normalized spacial score (nSPS) is 10.4. The molecule has 2 aromatic rings. The average Bonchev–Trinajstić information content (AvgIpc) is 2.39. The quantitative estimate of drug-likeness (QED) is 0.689. The van der Waals surface area contributed by atoms with Crippen LogP contribution in [0.1, 0.15) is 5.56 Å². The van der Waals surface area contributed by atoms with Gasteiger partial charge in [-0.1, -0.05) is 27.5 Å². The van der Waals surface area contributed by atoms with Gasteiger partial charge < -0.3 is 10.1 Å². The summed E-state index contributed by atoms with van der Waals surface area (Å²) in [6.45, 7) is 0.502. The molecule has 0 atom stereocenters. The summed E-state index contributed by atoms with van der Waals surface area (Å²) in [5, 5.41) is 3.25. The first-order valence-electron chi connectivity index (χ1n) is 5.72. The van der Waals surface area contributed by atoms with Gasteiger partial charge in [0.1, 0.15) is 11.6 Å². The second-order valence-corrected chi connectivity index (χ2v) is 6.24. The second-order valence-electron chi connectivity index (χ2n) is 4.06. The molecule has 0 spiro atoms. The van der Waals surface area contributed by atoms with Gasteiger partial charge in [0.05, 0.1) is 16.6 Å². The Bertz CT molecular complexity index is 637. The summed E-state index contributed by atoms with van der Waals surface area (Å²) in [6, 6.07) is 8.47. The predicted octanol–water partition coefficient (Wildman–Crippen LogP) is 5.62. The summed E-state index contributed by atoms with van der Waals surface area (Å²) in [5.74, 6) is 0.300. The van der Waals surface area contributed by atoms with Crippen molar-refractivity contribution in [1.82, 2.24) is 0 Å². The lowest BCUT2D eigenvalue weighted by Crippen LogP contribution is -2.02. The molecular weight excluding hydrogens is 412 g/mol. The van der Waals surface area contributed by atoms with Crippen molar-refractivity contribution >= 4 is 49.1 Å². The molecule has 0 amide bonds. The first-order chi connectivity index (χ1) is 9.51. The molecule has 0 bridgehead atoms. The maximum atomic E-state index is 13.4. The minimum atomic E-state index is -0.445. The second kappa shape index (κ2) is 6.78. The maximum Gasteiger partial charge on any atom is 0.143 e. The van der Waals surface area contributed by atoms with E-state index in [1.165, 1.54) is 12.1 Å². The fourth-order valence-electron chi connectivity index (χ4n) is 1.78. The van der Waals surface area contributed by atoms with Crippen molar-refractivity contribution in [1.29, 1.82) is 0 Å². The summed E-state index contributed by atoms with van der Waals surface area (Å²) in [5.41, 5.74) is 1.61. The molecule has 0 radical (unpaired) electrons. The molecule has 2 nitrogen and oxygen atoms in total. The van der Waals surface area contributed by atoms with Crippen LogP contribution in [0.25, 0.3) is 0 Å². The fourth-order valence-corrected chi connectivity index (χ4v) is 3.37. The number of ether oxygens (including phenoxy) is 1. The monoisotopic (exact) mass is 421 g/mol. The third-order valence-corrected chi connectivity index (χ3v) is 4.05. The van der Waals surface area contributed by atoms with E-state index in [-0.39, 0.29) is 5.02 Å². The van der Waals surface area contributed by atoms with Gasteiger partial charge in [-0.25, -0.2) is 4.39 Å². The number of anilines is 1. The molecule has 0 saturated carbocycles. The topological polar surface area (TPSA) is 21.3 Å². The summed E-state index contributed by atoms with van der Waals surface area (Å²) in [7, 11) is 1.61. The highest BCUT2D eigenvalue weighted by Crippen LogP contribution is 2.33. The zero-order chi connectivity index (χ0) is 14.7. The van der Waals surface area contributed by atoms with Gasteiger partial charge in [0.25, 0.3) is 0 Å². The van der Waals surface area contributed by atoms with Crippen LogP contribution in [0.5, 0.6) is 5.75 Å². The number of benzene rings is 2. The fraction of sp³-hybridized carbons (Fsp3) is 0.143. The number of hydrogen-bond donors (Lipinski definition) is 1. The number of methoxy groups -OCH3 is 1. The summed E-state index contributed by atoms with van der Waals surface area (Å²) in [4.78, 5) is 0. The molecule has 0 fully saturated rings. The van der Waals surface area contributed by atoms with Gasteiger partial charge in [0, 0.05) is 22.3 Å². The van der Waals surface area contributed by atoms with Crippen LogP contribution in [0.4, 0.5) is 10.1 Å². The molecule has 0 aliphatic rings. The first kappa shape index (κ1) is 15.6. The average molecular weight is 424 g/mol. The molecule has 0 heterocycles. The first-order valence-corrected chi connectivity index (χ1v) is 7.68. The largest absolute Gasteiger partial charge is 0.495 e. The van der Waals surface area contributed by atoms with Crippen LogP contribution in [0.2, 0.25) is 5.02 Å². The Morgan fingerprint density at radius 1 is 1.25 bits per heavy atom. The molecule has 0 aliphatic heterocycles. The highest BCUT2D eigenvalue weighted by molar-refractivity contribution is 9.11. The molecule has 0 aliphatic carbocycles. The van der Waals surface area contributed by atoms with Crippen LogP contribution >= 0.6 is 43.5 Å². The van der Waals surface area contributed by atoms with Crippen molar-refractivity contribution < 1.29 is 9.13 Å². The van der Waals surface area contributed by atoms with E-state index < -0.39 is 5.82 Å². The number of nitrogens with one attached hydrogen (secondary N) is 1. The third kappa shape index (κ3) is 3.65. The maximum absolute atomic E-state index is 13.4. The number of rotatable bonds is 4. The van der Waals surface area contributed by atoms with E-state index in [4.69, 9.17) is 16.3 Å². The van der Waals surface area contributed by atoms with E-state index in [1.54, 1.807) is 13.2 Å². The van der Waals surface area contributed by atoms with E-state index in [9.17, 15) is 4.39 Å². The van der Waals surface area contributed by atoms with Crippen LogP contribution < -0.4 is 10.1 Å². The van der Waals surface area contributed by atoms with Gasteiger partial charge in [-0.15, -0.1) is 0 Å². The molecule has 1 N–H and O–H groups in total. The minimum Gasteiger partial charge on any atom is -0.495 e. The van der Waals surface area contributed by atoms with E-state index >= 15 is 0 Å². The standard InChI is InChI=1S/C14H11Br2ClFNO/c1-20-14-8(4-9(15)5-11(14)16)7-19-10-2-3-12(17)13(18)6-10/h2-6,19H,7H2,1H3. The molecule has 2 aromatic carbocycles. The predicted molar refractivity (Wildman–Crippen MR) is 87.1 cm³/mol. The number of hydrogen-bond acceptors (Lipinski definition) is 2. The molecule has 106 valence electrons. The molecule has 0 aromatic heterocycles. The third-order valence-electron chi connectivity index (χ3n) is 2.69. The molecule has 2 rings (SSSR count). The van der Waals surface area contributed by atoms with Crippen LogP contribution in [-0.2, 0) is 6.54 Å². The highest BCUT2D eigenvalue weighted by atomic mass is 79.9. The van der Waals surface area contributed by atoms with Crippen molar-refractivity contribution in [2.45, 2.75) is 6.54 Å². The zero-order valence-electron chi connectivity index (χ0n) is 10.5.